The summed E-state index contributed by atoms with van der Waals surface area (Å²) in [5.74, 6) is -0.0593. The van der Waals surface area contributed by atoms with E-state index in [4.69, 9.17) is 0 Å². The topological polar surface area (TPSA) is 88.2 Å². The van der Waals surface area contributed by atoms with E-state index in [1.54, 1.807) is 42.7 Å². The molecular formula is C16H19N3O3S. The largest absolute Gasteiger partial charge is 0.331 e. The predicted octanol–water partition coefficient (Wildman–Crippen LogP) is 2.51. The molecule has 1 heterocycles. The lowest BCUT2D eigenvalue weighted by molar-refractivity contribution is 0.249. The third-order valence-corrected chi connectivity index (χ3v) is 4.00. The molecule has 0 aliphatic rings. The van der Waals surface area contributed by atoms with Crippen LogP contribution in [-0.2, 0) is 15.6 Å². The number of benzene rings is 1. The number of nitrogens with one attached hydrogen (secondary N) is 2. The molecule has 2 rings (SSSR count). The zero-order valence-corrected chi connectivity index (χ0v) is 13.8. The van der Waals surface area contributed by atoms with Gasteiger partial charge in [-0.2, -0.15) is 0 Å². The number of nitrogens with zero attached hydrogens (tertiary/aromatic N) is 1. The minimum atomic E-state index is -3.11. The summed E-state index contributed by atoms with van der Waals surface area (Å²) in [4.78, 5) is 16.0. The number of aromatic nitrogens is 1. The predicted molar refractivity (Wildman–Crippen MR) is 89.8 cm³/mol. The van der Waals surface area contributed by atoms with Gasteiger partial charge in [0, 0.05) is 24.3 Å². The number of anilines is 1. The molecule has 1 aromatic heterocycles. The summed E-state index contributed by atoms with van der Waals surface area (Å²) in [6.07, 6.45) is 4.54. The number of hydrogen-bond donors (Lipinski definition) is 2. The summed E-state index contributed by atoms with van der Waals surface area (Å²) >= 11 is 0. The molecule has 0 saturated heterocycles. The Balaban J connectivity index is 1.99. The standard InChI is InChI=1S/C16H19N3O3S/c1-12(14-6-4-8-17-10-14)18-16(20)19-15-7-3-5-13(9-15)11-23(2,21)22/h3-10,12H,11H2,1-2H3,(H2,18,19,20). The number of rotatable bonds is 5. The molecule has 0 saturated carbocycles. The maximum Gasteiger partial charge on any atom is 0.319 e. The second kappa shape index (κ2) is 7.23. The van der Waals surface area contributed by atoms with Crippen LogP contribution in [-0.4, -0.2) is 25.7 Å². The second-order valence-electron chi connectivity index (χ2n) is 5.38. The quantitative estimate of drug-likeness (QED) is 0.880. The van der Waals surface area contributed by atoms with Crippen LogP contribution in [0.15, 0.2) is 48.8 Å². The molecule has 1 aromatic carbocycles. The average molecular weight is 333 g/mol. The van der Waals surface area contributed by atoms with E-state index >= 15 is 0 Å². The minimum absolute atomic E-state index is 0.0593. The molecule has 0 spiro atoms. The van der Waals surface area contributed by atoms with Crippen molar-refractivity contribution in [3.63, 3.8) is 0 Å². The van der Waals surface area contributed by atoms with E-state index in [9.17, 15) is 13.2 Å². The molecule has 122 valence electrons. The molecule has 2 aromatic rings. The van der Waals surface area contributed by atoms with E-state index in [0.717, 1.165) is 5.56 Å². The van der Waals surface area contributed by atoms with Crippen LogP contribution in [0.3, 0.4) is 0 Å². The highest BCUT2D eigenvalue weighted by molar-refractivity contribution is 7.89. The number of urea groups is 1. The van der Waals surface area contributed by atoms with E-state index in [2.05, 4.69) is 15.6 Å². The Kier molecular flexibility index (Phi) is 5.33. The van der Waals surface area contributed by atoms with Gasteiger partial charge in [0.1, 0.15) is 0 Å². The molecule has 0 aliphatic heterocycles. The Morgan fingerprint density at radius 1 is 1.26 bits per heavy atom. The van der Waals surface area contributed by atoms with Crippen LogP contribution >= 0.6 is 0 Å². The van der Waals surface area contributed by atoms with E-state index in [1.165, 1.54) is 6.26 Å². The highest BCUT2D eigenvalue weighted by Gasteiger charge is 2.10. The number of hydrogen-bond acceptors (Lipinski definition) is 4. The number of pyridine rings is 1. The Morgan fingerprint density at radius 2 is 2.04 bits per heavy atom. The fourth-order valence-corrected chi connectivity index (χ4v) is 2.91. The molecule has 0 radical (unpaired) electrons. The van der Waals surface area contributed by atoms with Gasteiger partial charge in [0.2, 0.25) is 0 Å². The van der Waals surface area contributed by atoms with Crippen molar-refractivity contribution in [1.29, 1.82) is 0 Å². The highest BCUT2D eigenvalue weighted by atomic mass is 32.2. The summed E-state index contributed by atoms with van der Waals surface area (Å²) < 4.78 is 22.7. The average Bonchev–Trinajstić information content (AvgIpc) is 2.46. The van der Waals surface area contributed by atoms with Gasteiger partial charge in [-0.15, -0.1) is 0 Å². The molecule has 1 atom stereocenters. The first-order chi connectivity index (χ1) is 10.8. The molecule has 2 N–H and O–H groups in total. The number of carbonyl (C=O) groups excluding carboxylic acids is 1. The molecule has 6 nitrogen and oxygen atoms in total. The first-order valence-corrected chi connectivity index (χ1v) is 9.13. The maximum atomic E-state index is 12.0. The molecule has 1 unspecified atom stereocenters. The maximum absolute atomic E-state index is 12.0. The van der Waals surface area contributed by atoms with Gasteiger partial charge < -0.3 is 10.6 Å². The molecule has 0 fully saturated rings. The Bertz CT molecular complexity index is 776. The third-order valence-electron chi connectivity index (χ3n) is 3.15. The van der Waals surface area contributed by atoms with Crippen molar-refractivity contribution in [2.75, 3.05) is 11.6 Å². The van der Waals surface area contributed by atoms with Crippen molar-refractivity contribution in [1.82, 2.24) is 10.3 Å². The Labute approximate surface area is 135 Å². The van der Waals surface area contributed by atoms with Crippen LogP contribution in [0.4, 0.5) is 10.5 Å². The summed E-state index contributed by atoms with van der Waals surface area (Å²) in [7, 11) is -3.11. The van der Waals surface area contributed by atoms with Crippen LogP contribution in [0.5, 0.6) is 0 Å². The van der Waals surface area contributed by atoms with E-state index < -0.39 is 9.84 Å². The van der Waals surface area contributed by atoms with Crippen molar-refractivity contribution in [2.45, 2.75) is 18.7 Å². The first kappa shape index (κ1) is 17.0. The molecule has 7 heteroatoms. The van der Waals surface area contributed by atoms with Crippen LogP contribution in [0.25, 0.3) is 0 Å². The zero-order valence-electron chi connectivity index (χ0n) is 13.0. The van der Waals surface area contributed by atoms with Crippen molar-refractivity contribution < 1.29 is 13.2 Å². The van der Waals surface area contributed by atoms with Crippen molar-refractivity contribution >= 4 is 21.6 Å². The van der Waals surface area contributed by atoms with Crippen LogP contribution < -0.4 is 10.6 Å². The molecule has 2 amide bonds. The molecule has 0 aliphatic carbocycles. The lowest BCUT2D eigenvalue weighted by Crippen LogP contribution is -2.31. The lowest BCUT2D eigenvalue weighted by Gasteiger charge is -2.15. The van der Waals surface area contributed by atoms with E-state index in [1.807, 2.05) is 13.0 Å². The Hall–Kier alpha value is -2.41. The fourth-order valence-electron chi connectivity index (χ4n) is 2.12. The SMILES string of the molecule is CC(NC(=O)Nc1cccc(CS(C)(=O)=O)c1)c1cccnc1. The number of amides is 2. The van der Waals surface area contributed by atoms with Gasteiger partial charge in [-0.3, -0.25) is 4.98 Å². The third kappa shape index (κ3) is 5.71. The molecule has 0 bridgehead atoms. The summed E-state index contributed by atoms with van der Waals surface area (Å²) in [6, 6.07) is 9.91. The van der Waals surface area contributed by atoms with Crippen LogP contribution in [0.1, 0.15) is 24.1 Å². The first-order valence-electron chi connectivity index (χ1n) is 7.07. The van der Waals surface area contributed by atoms with E-state index in [0.29, 0.717) is 11.3 Å². The van der Waals surface area contributed by atoms with Gasteiger partial charge >= 0.3 is 6.03 Å². The normalized spacial score (nSPS) is 12.4. The van der Waals surface area contributed by atoms with Crippen molar-refractivity contribution in [3.8, 4) is 0 Å². The summed E-state index contributed by atoms with van der Waals surface area (Å²) in [6.45, 7) is 1.86. The number of carbonyl (C=O) groups is 1. The van der Waals surface area contributed by atoms with Crippen molar-refractivity contribution in [3.05, 3.63) is 59.9 Å². The van der Waals surface area contributed by atoms with E-state index in [-0.39, 0.29) is 17.8 Å². The van der Waals surface area contributed by atoms with Crippen LogP contribution in [0.2, 0.25) is 0 Å². The van der Waals surface area contributed by atoms with Gasteiger partial charge in [0.15, 0.2) is 9.84 Å². The van der Waals surface area contributed by atoms with Gasteiger partial charge in [0.05, 0.1) is 11.8 Å². The smallest absolute Gasteiger partial charge is 0.319 e. The monoisotopic (exact) mass is 333 g/mol. The highest BCUT2D eigenvalue weighted by Crippen LogP contribution is 2.14. The summed E-state index contributed by atoms with van der Waals surface area (Å²) in [5, 5.41) is 5.51. The van der Waals surface area contributed by atoms with Crippen LogP contribution in [0, 0.1) is 0 Å². The molecular weight excluding hydrogens is 314 g/mol. The lowest BCUT2D eigenvalue weighted by atomic mass is 10.1. The Morgan fingerprint density at radius 3 is 2.70 bits per heavy atom. The van der Waals surface area contributed by atoms with Gasteiger partial charge in [0.25, 0.3) is 0 Å². The van der Waals surface area contributed by atoms with Crippen molar-refractivity contribution in [2.24, 2.45) is 0 Å². The zero-order chi connectivity index (χ0) is 16.9. The van der Waals surface area contributed by atoms with Gasteiger partial charge in [-0.25, -0.2) is 13.2 Å². The summed E-state index contributed by atoms with van der Waals surface area (Å²) in [5.41, 5.74) is 2.07. The molecule has 23 heavy (non-hydrogen) atoms. The fraction of sp³-hybridized carbons (Fsp3) is 0.250. The van der Waals surface area contributed by atoms with Gasteiger partial charge in [-0.05, 0) is 36.2 Å². The van der Waals surface area contributed by atoms with Gasteiger partial charge in [-0.1, -0.05) is 18.2 Å². The minimum Gasteiger partial charge on any atom is -0.331 e. The second-order valence-corrected chi connectivity index (χ2v) is 7.52. The number of sulfone groups is 1.